The minimum Gasteiger partial charge on any atom is -0.491 e. The summed E-state index contributed by atoms with van der Waals surface area (Å²) in [5.74, 6) is 1.71. The largest absolute Gasteiger partial charge is 0.491 e. The molecular formula is C19H28N2O2S. The van der Waals surface area contributed by atoms with Gasteiger partial charge in [-0.25, -0.2) is 4.99 Å². The second-order valence-electron chi connectivity index (χ2n) is 5.61. The highest BCUT2D eigenvalue weighted by molar-refractivity contribution is 8.15. The van der Waals surface area contributed by atoms with Gasteiger partial charge in [-0.2, -0.15) is 0 Å². The maximum absolute atomic E-state index is 12.2. The van der Waals surface area contributed by atoms with Crippen LogP contribution in [0, 0.1) is 12.8 Å². The van der Waals surface area contributed by atoms with Crippen LogP contribution in [-0.4, -0.2) is 23.4 Å². The van der Waals surface area contributed by atoms with Crippen molar-refractivity contribution in [1.82, 2.24) is 0 Å². The van der Waals surface area contributed by atoms with Gasteiger partial charge in [-0.15, -0.1) is 0 Å². The summed E-state index contributed by atoms with van der Waals surface area (Å²) in [6.45, 7) is 14.6. The zero-order valence-corrected chi connectivity index (χ0v) is 16.2. The van der Waals surface area contributed by atoms with Crippen LogP contribution in [0.4, 0.5) is 5.69 Å². The molecule has 24 heavy (non-hydrogen) atoms. The summed E-state index contributed by atoms with van der Waals surface area (Å²) < 4.78 is 5.91. The van der Waals surface area contributed by atoms with Crippen molar-refractivity contribution in [3.8, 4) is 5.75 Å². The Morgan fingerprint density at radius 1 is 1.42 bits per heavy atom. The normalized spacial score (nSPS) is 15.5. The molecule has 1 heterocycles. The molecule has 0 bridgehead atoms. The molecule has 2 rings (SSSR count). The molecule has 1 fully saturated rings. The number of thioether (sulfide) groups is 1. The quantitative estimate of drug-likeness (QED) is 0.724. The molecule has 5 heteroatoms. The first-order valence-electron chi connectivity index (χ1n) is 8.41. The smallest absolute Gasteiger partial charge is 0.243 e. The highest BCUT2D eigenvalue weighted by Crippen LogP contribution is 2.35. The van der Waals surface area contributed by atoms with Gasteiger partial charge in [0.05, 0.1) is 18.0 Å². The lowest BCUT2D eigenvalue weighted by molar-refractivity contribution is -0.115. The summed E-state index contributed by atoms with van der Waals surface area (Å²) in [6.07, 6.45) is 2.44. The van der Waals surface area contributed by atoms with Gasteiger partial charge in [0, 0.05) is 6.20 Å². The number of benzene rings is 1. The summed E-state index contributed by atoms with van der Waals surface area (Å²) in [7, 11) is 0. The number of carbonyl (C=O) groups is 1. The second kappa shape index (κ2) is 10.2. The molecule has 0 aromatic heterocycles. The number of carbonyl (C=O) groups excluding carboxylic acids is 1. The van der Waals surface area contributed by atoms with Crippen molar-refractivity contribution < 1.29 is 9.53 Å². The molecule has 0 unspecified atom stereocenters. The Labute approximate surface area is 150 Å². The van der Waals surface area contributed by atoms with Crippen LogP contribution in [-0.2, 0) is 4.79 Å². The van der Waals surface area contributed by atoms with Gasteiger partial charge in [-0.05, 0) is 37.0 Å². The monoisotopic (exact) mass is 348 g/mol. The van der Waals surface area contributed by atoms with Crippen molar-refractivity contribution in [2.75, 3.05) is 17.3 Å². The molecular weight excluding hydrogens is 320 g/mol. The molecule has 0 radical (unpaired) electrons. The molecule has 0 aliphatic carbocycles. The first-order valence-corrected chi connectivity index (χ1v) is 9.39. The zero-order chi connectivity index (χ0) is 18.1. The number of aliphatic imine (C=N–C) groups is 1. The Balaban J connectivity index is 0.00000139. The predicted molar refractivity (Wildman–Crippen MR) is 105 cm³/mol. The van der Waals surface area contributed by atoms with Crippen molar-refractivity contribution in [3.05, 3.63) is 36.5 Å². The Morgan fingerprint density at radius 2 is 2.12 bits per heavy atom. The van der Waals surface area contributed by atoms with E-state index in [4.69, 9.17) is 4.74 Å². The highest BCUT2D eigenvalue weighted by Gasteiger charge is 2.31. The molecule has 0 saturated carbocycles. The zero-order valence-electron chi connectivity index (χ0n) is 15.3. The van der Waals surface area contributed by atoms with Crippen LogP contribution in [0.2, 0.25) is 0 Å². The molecule has 0 N–H and O–H groups in total. The lowest BCUT2D eigenvalue weighted by atomic mass is 10.1. The summed E-state index contributed by atoms with van der Waals surface area (Å²) >= 11 is 1.42. The van der Waals surface area contributed by atoms with E-state index in [-0.39, 0.29) is 5.91 Å². The van der Waals surface area contributed by atoms with Gasteiger partial charge in [-0.1, -0.05) is 52.1 Å². The molecule has 4 nitrogen and oxygen atoms in total. The molecule has 1 aromatic carbocycles. The van der Waals surface area contributed by atoms with Crippen LogP contribution in [0.1, 0.15) is 39.7 Å². The lowest BCUT2D eigenvalue weighted by Gasteiger charge is -2.20. The SMILES string of the molecule is C=CN=C1SCC(=O)N1c1cc(C)ccc1OCCC(C)C.CC. The van der Waals surface area contributed by atoms with E-state index in [1.54, 1.807) is 4.90 Å². The van der Waals surface area contributed by atoms with Gasteiger partial charge in [-0.3, -0.25) is 9.69 Å². The van der Waals surface area contributed by atoms with Crippen molar-refractivity contribution in [2.45, 2.75) is 41.0 Å². The van der Waals surface area contributed by atoms with Crippen LogP contribution in [0.25, 0.3) is 0 Å². The molecule has 1 amide bonds. The third-order valence-corrected chi connectivity index (χ3v) is 4.21. The fourth-order valence-electron chi connectivity index (χ4n) is 2.10. The van der Waals surface area contributed by atoms with E-state index in [2.05, 4.69) is 25.4 Å². The van der Waals surface area contributed by atoms with Crippen LogP contribution >= 0.6 is 11.8 Å². The lowest BCUT2D eigenvalue weighted by Crippen LogP contribution is -2.29. The van der Waals surface area contributed by atoms with Gasteiger partial charge in [0.25, 0.3) is 0 Å². The summed E-state index contributed by atoms with van der Waals surface area (Å²) in [5.41, 5.74) is 1.84. The van der Waals surface area contributed by atoms with E-state index >= 15 is 0 Å². The molecule has 0 atom stereocenters. The van der Waals surface area contributed by atoms with Crippen LogP contribution in [0.5, 0.6) is 5.75 Å². The summed E-state index contributed by atoms with van der Waals surface area (Å²) in [4.78, 5) is 18.1. The van der Waals surface area contributed by atoms with E-state index in [1.165, 1.54) is 18.0 Å². The fraction of sp³-hybridized carbons (Fsp3) is 0.474. The number of rotatable bonds is 6. The number of amides is 1. The number of ether oxygens (including phenoxy) is 1. The van der Waals surface area contributed by atoms with Gasteiger partial charge in [0.1, 0.15) is 5.75 Å². The molecule has 1 saturated heterocycles. The maximum Gasteiger partial charge on any atom is 0.243 e. The van der Waals surface area contributed by atoms with E-state index < -0.39 is 0 Å². The molecule has 1 aliphatic rings. The second-order valence-corrected chi connectivity index (χ2v) is 6.56. The topological polar surface area (TPSA) is 41.9 Å². The number of hydrogen-bond acceptors (Lipinski definition) is 4. The van der Waals surface area contributed by atoms with Crippen molar-refractivity contribution >= 4 is 28.5 Å². The number of nitrogens with zero attached hydrogens (tertiary/aromatic N) is 2. The average molecular weight is 349 g/mol. The molecule has 132 valence electrons. The third-order valence-electron chi connectivity index (χ3n) is 3.28. The summed E-state index contributed by atoms with van der Waals surface area (Å²) in [6, 6.07) is 5.88. The molecule has 0 spiro atoms. The van der Waals surface area contributed by atoms with Gasteiger partial charge in [0.2, 0.25) is 5.91 Å². The van der Waals surface area contributed by atoms with Gasteiger partial charge >= 0.3 is 0 Å². The number of amidine groups is 1. The number of aryl methyl sites for hydroxylation is 1. The first kappa shape index (κ1) is 20.3. The maximum atomic E-state index is 12.2. The van der Waals surface area contributed by atoms with Crippen molar-refractivity contribution in [2.24, 2.45) is 10.9 Å². The number of anilines is 1. The van der Waals surface area contributed by atoms with Crippen LogP contribution in [0.15, 0.2) is 36.0 Å². The predicted octanol–water partition coefficient (Wildman–Crippen LogP) is 5.03. The van der Waals surface area contributed by atoms with E-state index in [9.17, 15) is 4.79 Å². The van der Waals surface area contributed by atoms with Crippen LogP contribution < -0.4 is 9.64 Å². The minimum absolute atomic E-state index is 0.0184. The Kier molecular flexibility index (Phi) is 8.61. The standard InChI is InChI=1S/C17H22N2O2S.C2H6/c1-5-18-17-19(16(20)11-22-17)14-10-13(4)6-7-15(14)21-9-8-12(2)3;1-2/h5-7,10,12H,1,8-9,11H2,2-4H3;1-2H3. The van der Waals surface area contributed by atoms with E-state index in [1.807, 2.05) is 39.0 Å². The fourth-order valence-corrected chi connectivity index (χ4v) is 2.96. The Bertz CT molecular complexity index is 597. The van der Waals surface area contributed by atoms with Crippen molar-refractivity contribution in [1.29, 1.82) is 0 Å². The van der Waals surface area contributed by atoms with E-state index in [0.717, 1.165) is 23.4 Å². The van der Waals surface area contributed by atoms with Gasteiger partial charge < -0.3 is 4.74 Å². The average Bonchev–Trinajstić information content (AvgIpc) is 2.91. The minimum atomic E-state index is 0.0184. The van der Waals surface area contributed by atoms with Gasteiger partial charge in [0.15, 0.2) is 5.17 Å². The Morgan fingerprint density at radius 3 is 2.75 bits per heavy atom. The third kappa shape index (κ3) is 5.41. The molecule has 1 aromatic rings. The van der Waals surface area contributed by atoms with E-state index in [0.29, 0.717) is 23.4 Å². The highest BCUT2D eigenvalue weighted by atomic mass is 32.2. The molecule has 1 aliphatic heterocycles. The number of hydrogen-bond donors (Lipinski definition) is 0. The van der Waals surface area contributed by atoms with Crippen LogP contribution in [0.3, 0.4) is 0 Å². The Hall–Kier alpha value is -1.75. The van der Waals surface area contributed by atoms with Crippen molar-refractivity contribution in [3.63, 3.8) is 0 Å². The first-order chi connectivity index (χ1) is 11.5. The summed E-state index contributed by atoms with van der Waals surface area (Å²) in [5, 5.41) is 0.652.